The molecule has 1 aliphatic heterocycles. The van der Waals surface area contributed by atoms with Crippen molar-refractivity contribution < 1.29 is 9.53 Å². The second-order valence-electron chi connectivity index (χ2n) is 4.61. The maximum Gasteiger partial charge on any atom is 0.218 e. The minimum absolute atomic E-state index is 0.0671. The number of hydrogen-bond donors (Lipinski definition) is 2. The summed E-state index contributed by atoms with van der Waals surface area (Å²) in [5.41, 5.74) is 6.34. The van der Waals surface area contributed by atoms with Crippen molar-refractivity contribution in [3.8, 4) is 5.75 Å². The standard InChI is InChI=1S/C13H17BrN2O2/c1-8(6-13(15)17)16-11-4-5-18-12-3-2-9(14)7-10(11)12/h2-3,7-8,11,16H,4-6H2,1H3,(H2,15,17). The lowest BCUT2D eigenvalue weighted by atomic mass is 9.99. The number of halogens is 1. The van der Waals surface area contributed by atoms with Crippen molar-refractivity contribution in [2.24, 2.45) is 5.73 Å². The van der Waals surface area contributed by atoms with Crippen molar-refractivity contribution in [1.82, 2.24) is 5.32 Å². The Balaban J connectivity index is 2.12. The van der Waals surface area contributed by atoms with E-state index < -0.39 is 0 Å². The van der Waals surface area contributed by atoms with Crippen LogP contribution in [0, 0.1) is 0 Å². The maximum absolute atomic E-state index is 10.9. The number of benzene rings is 1. The molecule has 1 amide bonds. The number of ether oxygens (including phenoxy) is 1. The SMILES string of the molecule is CC(CC(N)=O)NC1CCOc2ccc(Br)cc21. The Morgan fingerprint density at radius 1 is 1.67 bits per heavy atom. The summed E-state index contributed by atoms with van der Waals surface area (Å²) in [6, 6.07) is 6.27. The summed E-state index contributed by atoms with van der Waals surface area (Å²) in [6.45, 7) is 2.66. The van der Waals surface area contributed by atoms with Gasteiger partial charge < -0.3 is 15.8 Å². The molecule has 0 aromatic heterocycles. The predicted molar refractivity (Wildman–Crippen MR) is 73.4 cm³/mol. The van der Waals surface area contributed by atoms with Gasteiger partial charge in [-0.1, -0.05) is 15.9 Å². The van der Waals surface area contributed by atoms with Crippen LogP contribution in [0.25, 0.3) is 0 Å². The third kappa shape index (κ3) is 3.23. The smallest absolute Gasteiger partial charge is 0.218 e. The molecule has 0 aliphatic carbocycles. The first kappa shape index (κ1) is 13.4. The highest BCUT2D eigenvalue weighted by molar-refractivity contribution is 9.10. The molecule has 0 fully saturated rings. The van der Waals surface area contributed by atoms with E-state index in [4.69, 9.17) is 10.5 Å². The fraction of sp³-hybridized carbons (Fsp3) is 0.462. The van der Waals surface area contributed by atoms with Crippen molar-refractivity contribution in [1.29, 1.82) is 0 Å². The Labute approximate surface area is 115 Å². The monoisotopic (exact) mass is 312 g/mol. The highest BCUT2D eigenvalue weighted by atomic mass is 79.9. The van der Waals surface area contributed by atoms with E-state index in [0.717, 1.165) is 22.2 Å². The van der Waals surface area contributed by atoms with Crippen molar-refractivity contribution in [3.05, 3.63) is 28.2 Å². The molecule has 0 spiro atoms. The number of hydrogen-bond acceptors (Lipinski definition) is 3. The first-order chi connectivity index (χ1) is 8.56. The van der Waals surface area contributed by atoms with Gasteiger partial charge in [0.1, 0.15) is 5.75 Å². The molecule has 1 aromatic rings. The van der Waals surface area contributed by atoms with E-state index in [0.29, 0.717) is 13.0 Å². The number of fused-ring (bicyclic) bond motifs is 1. The zero-order chi connectivity index (χ0) is 13.1. The first-order valence-electron chi connectivity index (χ1n) is 6.03. The van der Waals surface area contributed by atoms with Crippen LogP contribution in [-0.4, -0.2) is 18.6 Å². The van der Waals surface area contributed by atoms with Crippen LogP contribution in [0.4, 0.5) is 0 Å². The molecule has 2 rings (SSSR count). The minimum atomic E-state index is -0.281. The Morgan fingerprint density at radius 2 is 2.44 bits per heavy atom. The Morgan fingerprint density at radius 3 is 3.17 bits per heavy atom. The molecule has 1 aliphatic rings. The van der Waals surface area contributed by atoms with Crippen LogP contribution in [0.2, 0.25) is 0 Å². The second-order valence-corrected chi connectivity index (χ2v) is 5.53. The molecule has 18 heavy (non-hydrogen) atoms. The zero-order valence-corrected chi connectivity index (χ0v) is 11.9. The molecule has 5 heteroatoms. The Hall–Kier alpha value is -1.07. The summed E-state index contributed by atoms with van der Waals surface area (Å²) >= 11 is 3.47. The van der Waals surface area contributed by atoms with Crippen LogP contribution in [0.15, 0.2) is 22.7 Å². The normalized spacial score (nSPS) is 19.8. The molecule has 2 atom stereocenters. The highest BCUT2D eigenvalue weighted by Gasteiger charge is 2.23. The van der Waals surface area contributed by atoms with Gasteiger partial charge in [-0.3, -0.25) is 4.79 Å². The van der Waals surface area contributed by atoms with E-state index in [1.54, 1.807) is 0 Å². The van der Waals surface area contributed by atoms with Crippen molar-refractivity contribution in [2.45, 2.75) is 31.8 Å². The number of primary amides is 1. The van der Waals surface area contributed by atoms with Crippen LogP contribution in [0.3, 0.4) is 0 Å². The maximum atomic E-state index is 10.9. The fourth-order valence-electron chi connectivity index (χ4n) is 2.24. The number of carbonyl (C=O) groups is 1. The van der Waals surface area contributed by atoms with Gasteiger partial charge in [-0.05, 0) is 25.1 Å². The van der Waals surface area contributed by atoms with Crippen LogP contribution in [0.5, 0.6) is 5.75 Å². The molecule has 0 saturated carbocycles. The van der Waals surface area contributed by atoms with E-state index in [2.05, 4.69) is 27.3 Å². The van der Waals surface area contributed by atoms with Crippen LogP contribution >= 0.6 is 15.9 Å². The predicted octanol–water partition coefficient (Wildman–Crippen LogP) is 2.13. The van der Waals surface area contributed by atoms with Crippen molar-refractivity contribution in [3.63, 3.8) is 0 Å². The molecule has 1 aromatic carbocycles. The lowest BCUT2D eigenvalue weighted by molar-refractivity contribution is -0.118. The van der Waals surface area contributed by atoms with E-state index in [1.807, 2.05) is 19.1 Å². The van der Waals surface area contributed by atoms with Gasteiger partial charge in [-0.2, -0.15) is 0 Å². The molecule has 0 saturated heterocycles. The summed E-state index contributed by atoms with van der Waals surface area (Å²) in [7, 11) is 0. The van der Waals surface area contributed by atoms with E-state index >= 15 is 0 Å². The van der Waals surface area contributed by atoms with Gasteiger partial charge in [0.05, 0.1) is 6.61 Å². The van der Waals surface area contributed by atoms with E-state index in [1.165, 1.54) is 0 Å². The summed E-state index contributed by atoms with van der Waals surface area (Å²) < 4.78 is 6.65. The van der Waals surface area contributed by atoms with Gasteiger partial charge in [-0.15, -0.1) is 0 Å². The molecule has 4 nitrogen and oxygen atoms in total. The second kappa shape index (κ2) is 5.71. The van der Waals surface area contributed by atoms with Crippen molar-refractivity contribution >= 4 is 21.8 Å². The van der Waals surface area contributed by atoms with Crippen LogP contribution < -0.4 is 15.8 Å². The van der Waals surface area contributed by atoms with Gasteiger partial charge >= 0.3 is 0 Å². The minimum Gasteiger partial charge on any atom is -0.493 e. The van der Waals surface area contributed by atoms with Crippen LogP contribution in [0.1, 0.15) is 31.4 Å². The Kier molecular flexibility index (Phi) is 4.24. The molecule has 0 bridgehead atoms. The number of nitrogens with two attached hydrogens (primary N) is 1. The molecular formula is C13H17BrN2O2. The molecule has 1 heterocycles. The lowest BCUT2D eigenvalue weighted by Gasteiger charge is -2.29. The summed E-state index contributed by atoms with van der Waals surface area (Å²) in [6.07, 6.45) is 1.24. The van der Waals surface area contributed by atoms with Gasteiger partial charge in [0.2, 0.25) is 5.91 Å². The van der Waals surface area contributed by atoms with Crippen molar-refractivity contribution in [2.75, 3.05) is 6.61 Å². The zero-order valence-electron chi connectivity index (χ0n) is 10.3. The average Bonchev–Trinajstić information content (AvgIpc) is 2.28. The number of nitrogens with one attached hydrogen (secondary N) is 1. The number of carbonyl (C=O) groups excluding carboxylic acids is 1. The number of rotatable bonds is 4. The fourth-order valence-corrected chi connectivity index (χ4v) is 2.62. The summed E-state index contributed by atoms with van der Waals surface area (Å²) in [4.78, 5) is 10.9. The van der Waals surface area contributed by atoms with E-state index in [9.17, 15) is 4.79 Å². The van der Waals surface area contributed by atoms with Gasteiger partial charge in [0.25, 0.3) is 0 Å². The third-order valence-corrected chi connectivity index (χ3v) is 3.50. The molecule has 98 valence electrons. The molecule has 3 N–H and O–H groups in total. The topological polar surface area (TPSA) is 64.4 Å². The van der Waals surface area contributed by atoms with Gasteiger partial charge in [0, 0.05) is 35.0 Å². The van der Waals surface area contributed by atoms with Gasteiger partial charge in [-0.25, -0.2) is 0 Å². The Bertz CT molecular complexity index is 451. The summed E-state index contributed by atoms with van der Waals surface area (Å²) in [5.74, 6) is 0.629. The van der Waals surface area contributed by atoms with Crippen LogP contribution in [-0.2, 0) is 4.79 Å². The van der Waals surface area contributed by atoms with E-state index in [-0.39, 0.29) is 18.0 Å². The summed E-state index contributed by atoms with van der Waals surface area (Å²) in [5, 5.41) is 3.43. The molecular weight excluding hydrogens is 296 g/mol. The lowest BCUT2D eigenvalue weighted by Crippen LogP contribution is -2.36. The molecule has 2 unspecified atom stereocenters. The number of amides is 1. The molecule has 0 radical (unpaired) electrons. The average molecular weight is 313 g/mol. The first-order valence-corrected chi connectivity index (χ1v) is 6.82. The largest absolute Gasteiger partial charge is 0.493 e. The third-order valence-electron chi connectivity index (χ3n) is 3.00. The quantitative estimate of drug-likeness (QED) is 0.895. The highest BCUT2D eigenvalue weighted by Crippen LogP contribution is 2.34. The van der Waals surface area contributed by atoms with Gasteiger partial charge in [0.15, 0.2) is 0 Å².